The predicted molar refractivity (Wildman–Crippen MR) is 64.9 cm³/mol. The molecular formula is C11H19N3O3. The average molecular weight is 241 g/mol. The van der Waals surface area contributed by atoms with Crippen molar-refractivity contribution < 1.29 is 14.6 Å². The summed E-state index contributed by atoms with van der Waals surface area (Å²) in [4.78, 5) is 10.7. The van der Waals surface area contributed by atoms with E-state index in [4.69, 9.17) is 9.84 Å². The van der Waals surface area contributed by atoms with Crippen LogP contribution >= 0.6 is 0 Å². The third-order valence-electron chi connectivity index (χ3n) is 2.57. The van der Waals surface area contributed by atoms with E-state index in [-0.39, 0.29) is 6.10 Å². The van der Waals surface area contributed by atoms with Crippen LogP contribution in [0.1, 0.15) is 13.3 Å². The molecule has 17 heavy (non-hydrogen) atoms. The predicted octanol–water partition coefficient (Wildman–Crippen LogP) is 0.269. The van der Waals surface area contributed by atoms with Crippen LogP contribution in [0.2, 0.25) is 0 Å². The van der Waals surface area contributed by atoms with Crippen LogP contribution in [-0.2, 0) is 9.53 Å². The summed E-state index contributed by atoms with van der Waals surface area (Å²) in [5, 5.41) is 17.0. The lowest BCUT2D eigenvalue weighted by Crippen LogP contribution is -2.29. The molecule has 2 atom stereocenters. The molecule has 1 fully saturated rings. The van der Waals surface area contributed by atoms with E-state index < -0.39 is 12.0 Å². The van der Waals surface area contributed by atoms with Gasteiger partial charge in [-0.25, -0.2) is 0 Å². The molecule has 0 bridgehead atoms. The van der Waals surface area contributed by atoms with Crippen LogP contribution in [0.5, 0.6) is 0 Å². The highest BCUT2D eigenvalue weighted by Crippen LogP contribution is 2.11. The molecule has 0 saturated carbocycles. The first kappa shape index (κ1) is 13.7. The molecule has 1 aliphatic rings. The van der Waals surface area contributed by atoms with E-state index in [1.54, 1.807) is 12.1 Å². The van der Waals surface area contributed by atoms with Crippen molar-refractivity contribution in [2.75, 3.05) is 20.2 Å². The van der Waals surface area contributed by atoms with E-state index in [9.17, 15) is 4.79 Å². The molecule has 1 rings (SSSR count). The van der Waals surface area contributed by atoms with Crippen molar-refractivity contribution in [3.05, 3.63) is 11.8 Å². The number of nitrogens with one attached hydrogen (secondary N) is 1. The van der Waals surface area contributed by atoms with Crippen molar-refractivity contribution in [2.45, 2.75) is 25.5 Å². The zero-order valence-corrected chi connectivity index (χ0v) is 10.2. The lowest BCUT2D eigenvalue weighted by Gasteiger charge is -2.12. The monoisotopic (exact) mass is 241 g/mol. The van der Waals surface area contributed by atoms with Gasteiger partial charge in [0.2, 0.25) is 0 Å². The molecular weight excluding hydrogens is 222 g/mol. The number of carboxylic acid groups (broad SMARTS) is 1. The SMILES string of the molecule is C=NN(C)/C=C(\C)CO[C@H]1CN[C@H](C(=O)O)C1. The molecule has 96 valence electrons. The summed E-state index contributed by atoms with van der Waals surface area (Å²) in [5.74, 6) is -0.820. The Hall–Kier alpha value is -1.40. The van der Waals surface area contributed by atoms with Crippen LogP contribution in [0.15, 0.2) is 16.9 Å². The van der Waals surface area contributed by atoms with Gasteiger partial charge in [-0.3, -0.25) is 9.80 Å². The molecule has 0 amide bonds. The van der Waals surface area contributed by atoms with Crippen LogP contribution in [0.25, 0.3) is 0 Å². The quantitative estimate of drug-likeness (QED) is 0.516. The Bertz CT molecular complexity index is 317. The minimum Gasteiger partial charge on any atom is -0.480 e. The minimum atomic E-state index is -0.820. The lowest BCUT2D eigenvalue weighted by atomic mass is 10.2. The highest BCUT2D eigenvalue weighted by atomic mass is 16.5. The Labute approximate surface area is 101 Å². The highest BCUT2D eigenvalue weighted by Gasteiger charge is 2.29. The second-order valence-corrected chi connectivity index (χ2v) is 4.16. The summed E-state index contributed by atoms with van der Waals surface area (Å²) in [7, 11) is 1.79. The van der Waals surface area contributed by atoms with E-state index in [1.165, 1.54) is 0 Å². The van der Waals surface area contributed by atoms with Gasteiger partial charge in [-0.2, -0.15) is 5.10 Å². The molecule has 0 aromatic carbocycles. The van der Waals surface area contributed by atoms with E-state index in [2.05, 4.69) is 17.1 Å². The van der Waals surface area contributed by atoms with E-state index >= 15 is 0 Å². The summed E-state index contributed by atoms with van der Waals surface area (Å²) < 4.78 is 5.61. The molecule has 1 saturated heterocycles. The van der Waals surface area contributed by atoms with Crippen molar-refractivity contribution in [3.8, 4) is 0 Å². The summed E-state index contributed by atoms with van der Waals surface area (Å²) in [6.45, 7) is 6.38. The third kappa shape index (κ3) is 4.54. The zero-order chi connectivity index (χ0) is 12.8. The Morgan fingerprint density at radius 2 is 2.47 bits per heavy atom. The minimum absolute atomic E-state index is 0.0403. The van der Waals surface area contributed by atoms with E-state index in [1.807, 2.05) is 13.1 Å². The number of ether oxygens (including phenoxy) is 1. The number of hydrogen-bond acceptors (Lipinski definition) is 5. The molecule has 0 aromatic rings. The summed E-state index contributed by atoms with van der Waals surface area (Å²) >= 11 is 0. The van der Waals surface area contributed by atoms with Crippen LogP contribution in [0.3, 0.4) is 0 Å². The van der Waals surface area contributed by atoms with Gasteiger partial charge in [0.05, 0.1) is 12.7 Å². The molecule has 6 nitrogen and oxygen atoms in total. The maximum Gasteiger partial charge on any atom is 0.320 e. The van der Waals surface area contributed by atoms with Gasteiger partial charge in [0.15, 0.2) is 0 Å². The molecule has 1 heterocycles. The van der Waals surface area contributed by atoms with Gasteiger partial charge in [-0.1, -0.05) is 0 Å². The molecule has 0 unspecified atom stereocenters. The number of aliphatic carboxylic acids is 1. The Kier molecular flexibility index (Phi) is 5.11. The molecule has 0 spiro atoms. The van der Waals surface area contributed by atoms with E-state index in [0.717, 1.165) is 5.57 Å². The van der Waals surface area contributed by atoms with Gasteiger partial charge in [0, 0.05) is 32.9 Å². The van der Waals surface area contributed by atoms with Gasteiger partial charge in [0.25, 0.3) is 0 Å². The summed E-state index contributed by atoms with van der Waals surface area (Å²) in [6, 6.07) is -0.484. The van der Waals surface area contributed by atoms with Crippen molar-refractivity contribution in [1.82, 2.24) is 10.3 Å². The number of hydrazone groups is 1. The highest BCUT2D eigenvalue weighted by molar-refractivity contribution is 5.73. The third-order valence-corrected chi connectivity index (χ3v) is 2.57. The van der Waals surface area contributed by atoms with Gasteiger partial charge in [0.1, 0.15) is 6.04 Å². The largest absolute Gasteiger partial charge is 0.480 e. The number of carbonyl (C=O) groups is 1. The molecule has 6 heteroatoms. The molecule has 0 aliphatic carbocycles. The van der Waals surface area contributed by atoms with Crippen LogP contribution in [0, 0.1) is 0 Å². The number of nitrogens with zero attached hydrogens (tertiary/aromatic N) is 2. The van der Waals surface area contributed by atoms with Gasteiger partial charge >= 0.3 is 5.97 Å². The number of carboxylic acids is 1. The fourth-order valence-corrected chi connectivity index (χ4v) is 1.66. The maximum atomic E-state index is 10.7. The molecule has 1 aliphatic heterocycles. The van der Waals surface area contributed by atoms with Crippen molar-refractivity contribution in [3.63, 3.8) is 0 Å². The second-order valence-electron chi connectivity index (χ2n) is 4.16. The number of rotatable bonds is 6. The Balaban J connectivity index is 2.30. The van der Waals surface area contributed by atoms with Crippen molar-refractivity contribution in [2.24, 2.45) is 5.10 Å². The second kappa shape index (κ2) is 6.36. The van der Waals surface area contributed by atoms with E-state index in [0.29, 0.717) is 19.6 Å². The van der Waals surface area contributed by atoms with Gasteiger partial charge < -0.3 is 15.2 Å². The Morgan fingerprint density at radius 3 is 3.00 bits per heavy atom. The normalized spacial score (nSPS) is 24.7. The van der Waals surface area contributed by atoms with Crippen LogP contribution < -0.4 is 5.32 Å². The fourth-order valence-electron chi connectivity index (χ4n) is 1.66. The summed E-state index contributed by atoms with van der Waals surface area (Å²) in [6.07, 6.45) is 2.30. The van der Waals surface area contributed by atoms with Crippen molar-refractivity contribution >= 4 is 12.7 Å². The first-order valence-electron chi connectivity index (χ1n) is 5.47. The van der Waals surface area contributed by atoms with Gasteiger partial charge in [-0.15, -0.1) is 0 Å². The zero-order valence-electron chi connectivity index (χ0n) is 10.2. The molecule has 0 aromatic heterocycles. The maximum absolute atomic E-state index is 10.7. The first-order valence-corrected chi connectivity index (χ1v) is 5.47. The Morgan fingerprint density at radius 1 is 1.76 bits per heavy atom. The standard InChI is InChI=1S/C11H19N3O3/c1-8(6-14(3)12-2)7-17-9-4-10(11(15)16)13-5-9/h6,9-10,13H,2,4-5,7H2,1,3H3,(H,15,16)/b8-6+/t9-,10+/m1/s1. The average Bonchev–Trinajstić information content (AvgIpc) is 2.75. The van der Waals surface area contributed by atoms with Gasteiger partial charge in [-0.05, 0) is 12.5 Å². The number of hydrogen-bond donors (Lipinski definition) is 2. The first-order chi connectivity index (χ1) is 8.02. The molecule has 2 N–H and O–H groups in total. The molecule has 0 radical (unpaired) electrons. The van der Waals surface area contributed by atoms with Crippen LogP contribution in [0.4, 0.5) is 0 Å². The summed E-state index contributed by atoms with van der Waals surface area (Å²) in [5.41, 5.74) is 1.01. The smallest absolute Gasteiger partial charge is 0.320 e. The lowest BCUT2D eigenvalue weighted by molar-refractivity contribution is -0.139. The van der Waals surface area contributed by atoms with Crippen LogP contribution in [-0.4, -0.2) is 55.1 Å². The fraction of sp³-hybridized carbons (Fsp3) is 0.636. The van der Waals surface area contributed by atoms with Crippen molar-refractivity contribution in [1.29, 1.82) is 0 Å². The topological polar surface area (TPSA) is 74.2 Å².